The van der Waals surface area contributed by atoms with Crippen molar-refractivity contribution in [3.63, 3.8) is 0 Å². The Kier molecular flexibility index (Phi) is 10.8. The molecule has 1 unspecified atom stereocenters. The lowest BCUT2D eigenvalue weighted by Crippen LogP contribution is -2.74. The van der Waals surface area contributed by atoms with Crippen LogP contribution in [0, 0.1) is 0 Å². The summed E-state index contributed by atoms with van der Waals surface area (Å²) in [6.45, 7) is 0.193. The second kappa shape index (κ2) is 11.4. The van der Waals surface area contributed by atoms with Gasteiger partial charge in [0, 0.05) is 20.0 Å². The van der Waals surface area contributed by atoms with Crippen molar-refractivity contribution in [3.05, 3.63) is 0 Å². The van der Waals surface area contributed by atoms with Crippen LogP contribution in [0.25, 0.3) is 0 Å². The van der Waals surface area contributed by atoms with Crippen molar-refractivity contribution in [1.82, 2.24) is 0 Å². The van der Waals surface area contributed by atoms with E-state index >= 15 is 0 Å². The predicted octanol–water partition coefficient (Wildman–Crippen LogP) is 6.72. The van der Waals surface area contributed by atoms with Crippen LogP contribution >= 0.6 is 0 Å². The standard InChI is InChI=1S/C17H17F17O4/c1-8(35)38-9(2)37-7-6-36-5-3-4-10(18,19)11(20,21)12(22,23)13(24,25)14(26,27)15(28,29)16(30,31)17(32,33)34/h9H,3-7H2,1-2H3. The molecule has 0 aliphatic rings. The molecular weight excluding hydrogens is 591 g/mol. The van der Waals surface area contributed by atoms with Crippen LogP contribution in [0.3, 0.4) is 0 Å². The summed E-state index contributed by atoms with van der Waals surface area (Å²) in [5.74, 6) is -57.2. The molecule has 0 heterocycles. The predicted molar refractivity (Wildman–Crippen MR) is 87.9 cm³/mol. The van der Waals surface area contributed by atoms with Gasteiger partial charge >= 0.3 is 53.6 Å². The van der Waals surface area contributed by atoms with Gasteiger partial charge in [0.05, 0.1) is 13.2 Å². The quantitative estimate of drug-likeness (QED) is 0.0897. The molecule has 1 atom stereocenters. The first kappa shape index (κ1) is 36.2. The van der Waals surface area contributed by atoms with Crippen LogP contribution < -0.4 is 0 Å². The molecule has 21 heteroatoms. The van der Waals surface area contributed by atoms with Gasteiger partial charge in [-0.05, 0) is 13.3 Å². The number of alkyl halides is 17. The summed E-state index contributed by atoms with van der Waals surface area (Å²) < 4.78 is 237. The van der Waals surface area contributed by atoms with E-state index in [9.17, 15) is 79.4 Å². The van der Waals surface area contributed by atoms with Crippen LogP contribution in [0.15, 0.2) is 0 Å². The van der Waals surface area contributed by atoms with Crippen molar-refractivity contribution < 1.29 is 93.6 Å². The Morgan fingerprint density at radius 2 is 1.00 bits per heavy atom. The minimum absolute atomic E-state index is 0.433. The van der Waals surface area contributed by atoms with E-state index in [-0.39, 0.29) is 0 Å². The highest BCUT2D eigenvalue weighted by Gasteiger charge is 2.95. The van der Waals surface area contributed by atoms with Gasteiger partial charge in [0.15, 0.2) is 6.29 Å². The van der Waals surface area contributed by atoms with Gasteiger partial charge in [-0.1, -0.05) is 0 Å². The fourth-order valence-corrected chi connectivity index (χ4v) is 2.39. The Morgan fingerprint density at radius 3 is 1.39 bits per heavy atom. The molecular formula is C17H17F17O4. The second-order valence-corrected chi connectivity index (χ2v) is 7.41. The Hall–Kier alpha value is -1.80. The van der Waals surface area contributed by atoms with Crippen molar-refractivity contribution in [3.8, 4) is 0 Å². The Morgan fingerprint density at radius 1 is 0.605 bits per heavy atom. The number of halogens is 17. The molecule has 0 N–H and O–H groups in total. The summed E-state index contributed by atoms with van der Waals surface area (Å²) in [7, 11) is 0. The number of esters is 1. The van der Waals surface area contributed by atoms with E-state index in [4.69, 9.17) is 4.74 Å². The summed E-state index contributed by atoms with van der Waals surface area (Å²) >= 11 is 0. The van der Waals surface area contributed by atoms with Gasteiger partial charge in [-0.2, -0.15) is 74.6 Å². The summed E-state index contributed by atoms with van der Waals surface area (Å²) in [6, 6.07) is 0. The molecule has 0 saturated carbocycles. The molecule has 0 bridgehead atoms. The Bertz CT molecular complexity index is 794. The normalized spacial score (nSPS) is 16.0. The van der Waals surface area contributed by atoms with Gasteiger partial charge in [0.1, 0.15) is 0 Å². The lowest BCUT2D eigenvalue weighted by molar-refractivity contribution is -0.461. The summed E-state index contributed by atoms with van der Waals surface area (Å²) in [5.41, 5.74) is 0. The minimum atomic E-state index is -8.64. The molecule has 0 aliphatic carbocycles. The monoisotopic (exact) mass is 608 g/mol. The highest BCUT2D eigenvalue weighted by molar-refractivity contribution is 5.65. The maximum atomic E-state index is 13.7. The molecule has 228 valence electrons. The van der Waals surface area contributed by atoms with Crippen molar-refractivity contribution in [2.75, 3.05) is 19.8 Å². The van der Waals surface area contributed by atoms with Crippen LogP contribution in [0.1, 0.15) is 26.7 Å². The first-order valence-electron chi connectivity index (χ1n) is 9.64. The molecule has 0 aromatic heterocycles. The fourth-order valence-electron chi connectivity index (χ4n) is 2.39. The zero-order valence-corrected chi connectivity index (χ0v) is 18.7. The Labute approximate surface area is 201 Å². The van der Waals surface area contributed by atoms with E-state index in [1.54, 1.807) is 0 Å². The molecule has 0 fully saturated rings. The van der Waals surface area contributed by atoms with Gasteiger partial charge in [-0.25, -0.2) is 0 Å². The molecule has 0 rings (SSSR count). The van der Waals surface area contributed by atoms with E-state index in [1.165, 1.54) is 6.92 Å². The molecule has 0 aliphatic heterocycles. The molecule has 4 nitrogen and oxygen atoms in total. The molecule has 0 amide bonds. The van der Waals surface area contributed by atoms with Crippen LogP contribution in [0.2, 0.25) is 0 Å². The highest BCUT2D eigenvalue weighted by Crippen LogP contribution is 2.64. The average molecular weight is 608 g/mol. The SMILES string of the molecule is CC(=O)OC(C)OCCOCCCC(F)(F)C(F)(F)C(F)(F)C(F)(F)C(F)(F)C(F)(F)C(F)(F)C(F)(F)F. The minimum Gasteiger partial charge on any atom is -0.436 e. The first-order valence-corrected chi connectivity index (χ1v) is 9.64. The van der Waals surface area contributed by atoms with Gasteiger partial charge in [0.25, 0.3) is 0 Å². The van der Waals surface area contributed by atoms with Crippen LogP contribution in [-0.4, -0.2) is 79.7 Å². The summed E-state index contributed by atoms with van der Waals surface area (Å²) in [6.07, 6.45) is -12.9. The van der Waals surface area contributed by atoms with E-state index < -0.39 is 92.6 Å². The maximum absolute atomic E-state index is 13.7. The lowest BCUT2D eigenvalue weighted by Gasteiger charge is -2.42. The molecule has 0 saturated heterocycles. The summed E-state index contributed by atoms with van der Waals surface area (Å²) in [5, 5.41) is 0. The number of hydrogen-bond donors (Lipinski definition) is 0. The number of hydrogen-bond acceptors (Lipinski definition) is 4. The van der Waals surface area contributed by atoms with Gasteiger partial charge in [-0.3, -0.25) is 4.79 Å². The molecule has 0 radical (unpaired) electrons. The van der Waals surface area contributed by atoms with E-state index in [0.717, 1.165) is 6.92 Å². The zero-order valence-electron chi connectivity index (χ0n) is 18.7. The average Bonchev–Trinajstić information content (AvgIpc) is 2.70. The van der Waals surface area contributed by atoms with E-state index in [2.05, 4.69) is 9.47 Å². The third kappa shape index (κ3) is 6.49. The third-order valence-corrected chi connectivity index (χ3v) is 4.48. The van der Waals surface area contributed by atoms with Crippen molar-refractivity contribution >= 4 is 5.97 Å². The van der Waals surface area contributed by atoms with Crippen LogP contribution in [-0.2, 0) is 19.0 Å². The molecule has 0 aromatic carbocycles. The molecule has 0 aromatic rings. The third-order valence-electron chi connectivity index (χ3n) is 4.48. The van der Waals surface area contributed by atoms with Crippen molar-refractivity contribution in [2.45, 2.75) is 80.6 Å². The van der Waals surface area contributed by atoms with Gasteiger partial charge in [0.2, 0.25) is 0 Å². The molecule has 0 spiro atoms. The highest BCUT2D eigenvalue weighted by atomic mass is 19.4. The summed E-state index contributed by atoms with van der Waals surface area (Å²) in [4.78, 5) is 10.6. The smallest absolute Gasteiger partial charge is 0.436 e. The van der Waals surface area contributed by atoms with E-state index in [1.807, 2.05) is 0 Å². The number of carbonyl (C=O) groups excluding carboxylic acids is 1. The number of rotatable bonds is 15. The first-order chi connectivity index (χ1) is 16.6. The Balaban J connectivity index is 5.61. The van der Waals surface area contributed by atoms with E-state index in [0.29, 0.717) is 0 Å². The second-order valence-electron chi connectivity index (χ2n) is 7.41. The topological polar surface area (TPSA) is 44.8 Å². The zero-order chi connectivity index (χ0) is 30.8. The van der Waals surface area contributed by atoms with Crippen LogP contribution in [0.4, 0.5) is 74.6 Å². The van der Waals surface area contributed by atoms with Crippen LogP contribution in [0.5, 0.6) is 0 Å². The largest absolute Gasteiger partial charge is 0.460 e. The lowest BCUT2D eigenvalue weighted by atomic mass is 9.88. The molecule has 38 heavy (non-hydrogen) atoms. The van der Waals surface area contributed by atoms with Crippen molar-refractivity contribution in [2.24, 2.45) is 0 Å². The maximum Gasteiger partial charge on any atom is 0.460 e. The van der Waals surface area contributed by atoms with Crippen molar-refractivity contribution in [1.29, 1.82) is 0 Å². The number of ether oxygens (including phenoxy) is 3. The fraction of sp³-hybridized carbons (Fsp3) is 0.941. The van der Waals surface area contributed by atoms with Gasteiger partial charge < -0.3 is 14.2 Å². The number of carbonyl (C=O) groups is 1. The van der Waals surface area contributed by atoms with Gasteiger partial charge in [-0.15, -0.1) is 0 Å².